The Morgan fingerprint density at radius 2 is 2.13 bits per heavy atom. The molecular weight excluding hydrogens is 320 g/mol. The van der Waals surface area contributed by atoms with Crippen molar-refractivity contribution in [2.45, 2.75) is 12.5 Å². The van der Waals surface area contributed by atoms with Crippen LogP contribution in [0.3, 0.4) is 0 Å². The first-order chi connectivity index (χ1) is 10.9. The van der Waals surface area contributed by atoms with E-state index in [1.807, 2.05) is 0 Å². The largest absolute Gasteiger partial charge is 0.348 e. The van der Waals surface area contributed by atoms with Crippen LogP contribution >= 0.6 is 0 Å². The molecule has 1 aliphatic heterocycles. The van der Waals surface area contributed by atoms with Gasteiger partial charge in [0.2, 0.25) is 5.91 Å². The monoisotopic (exact) mass is 338 g/mol. The second kappa shape index (κ2) is 5.76. The third-order valence-corrected chi connectivity index (χ3v) is 5.84. The van der Waals surface area contributed by atoms with Gasteiger partial charge in [0.15, 0.2) is 21.3 Å². The molecule has 1 atom stereocenters. The maximum absolute atomic E-state index is 12.4. The van der Waals surface area contributed by atoms with Crippen molar-refractivity contribution in [3.63, 3.8) is 0 Å². The molecule has 1 amide bonds. The fraction of sp³-hybridized carbons (Fsp3) is 0.538. The highest BCUT2D eigenvalue weighted by molar-refractivity contribution is 7.91. The summed E-state index contributed by atoms with van der Waals surface area (Å²) in [5.41, 5.74) is 1.19. The van der Waals surface area contributed by atoms with E-state index < -0.39 is 9.84 Å². The minimum absolute atomic E-state index is 0.0389. The van der Waals surface area contributed by atoms with Gasteiger partial charge < -0.3 is 14.8 Å². The molecule has 0 aliphatic carbocycles. The van der Waals surface area contributed by atoms with Crippen molar-refractivity contribution >= 4 is 32.7 Å². The van der Waals surface area contributed by atoms with E-state index in [1.54, 1.807) is 19.0 Å². The number of rotatable bonds is 4. The van der Waals surface area contributed by atoms with Gasteiger partial charge in [0, 0.05) is 20.1 Å². The number of aromatic amines is 1. The van der Waals surface area contributed by atoms with Crippen LogP contribution in [0.15, 0.2) is 12.7 Å². The number of amides is 1. The lowest BCUT2D eigenvalue weighted by atomic mass is 10.2. The summed E-state index contributed by atoms with van der Waals surface area (Å²) in [6, 6.07) is -0.251. The zero-order valence-electron chi connectivity index (χ0n) is 12.9. The Labute approximate surface area is 133 Å². The summed E-state index contributed by atoms with van der Waals surface area (Å²) in [4.78, 5) is 30.9. The number of likely N-dealkylation sites (N-methyl/N-ethyl adjacent to an activating group) is 2. The molecule has 1 saturated heterocycles. The van der Waals surface area contributed by atoms with Gasteiger partial charge in [-0.1, -0.05) is 0 Å². The number of anilines is 1. The third-order valence-electron chi connectivity index (χ3n) is 4.09. The molecule has 3 heterocycles. The number of sulfone groups is 1. The maximum Gasteiger partial charge on any atom is 0.242 e. The lowest BCUT2D eigenvalue weighted by molar-refractivity contribution is -0.130. The molecule has 1 N–H and O–H groups in total. The van der Waals surface area contributed by atoms with Gasteiger partial charge >= 0.3 is 0 Å². The zero-order valence-corrected chi connectivity index (χ0v) is 13.7. The molecule has 0 spiro atoms. The molecular formula is C13H18N6O3S. The van der Waals surface area contributed by atoms with E-state index in [1.165, 1.54) is 17.6 Å². The minimum Gasteiger partial charge on any atom is -0.348 e. The Balaban J connectivity index is 1.71. The third kappa shape index (κ3) is 3.11. The summed E-state index contributed by atoms with van der Waals surface area (Å²) in [6.45, 7) is 0.0954. The first-order valence-corrected chi connectivity index (χ1v) is 9.01. The lowest BCUT2D eigenvalue weighted by Crippen LogP contribution is -2.43. The van der Waals surface area contributed by atoms with Crippen molar-refractivity contribution in [2.75, 3.05) is 37.0 Å². The van der Waals surface area contributed by atoms with Crippen LogP contribution < -0.4 is 4.90 Å². The van der Waals surface area contributed by atoms with Gasteiger partial charge in [0.1, 0.15) is 11.8 Å². The van der Waals surface area contributed by atoms with Crippen LogP contribution in [0.2, 0.25) is 0 Å². The van der Waals surface area contributed by atoms with Gasteiger partial charge in [-0.25, -0.2) is 23.4 Å². The Kier molecular flexibility index (Phi) is 3.92. The SMILES string of the molecule is CN(CC(=O)N(C)C1CCS(=O)(=O)C1)c1ncnc2nc[nH]c12. The standard InChI is InChI=1S/C13H18N6O3S/c1-18(13-11-12(15-7-14-11)16-8-17-13)5-10(20)19(2)9-3-4-23(21,22)6-9/h7-9H,3-6H2,1-2H3,(H,14,15,16,17). The van der Waals surface area contributed by atoms with Gasteiger partial charge in [-0.3, -0.25) is 4.79 Å². The predicted molar refractivity (Wildman–Crippen MR) is 84.8 cm³/mol. The van der Waals surface area contributed by atoms with E-state index in [9.17, 15) is 13.2 Å². The fourth-order valence-corrected chi connectivity index (χ4v) is 4.49. The fourth-order valence-electron chi connectivity index (χ4n) is 2.72. The zero-order chi connectivity index (χ0) is 16.6. The van der Waals surface area contributed by atoms with Crippen LogP contribution in [0.1, 0.15) is 6.42 Å². The molecule has 1 unspecified atom stereocenters. The van der Waals surface area contributed by atoms with Crippen molar-refractivity contribution in [2.24, 2.45) is 0 Å². The van der Waals surface area contributed by atoms with E-state index in [4.69, 9.17) is 0 Å². The number of hydrogen-bond donors (Lipinski definition) is 1. The summed E-state index contributed by atoms with van der Waals surface area (Å²) in [7, 11) is 0.379. The summed E-state index contributed by atoms with van der Waals surface area (Å²) in [6.07, 6.45) is 3.41. The van der Waals surface area contributed by atoms with E-state index >= 15 is 0 Å². The minimum atomic E-state index is -3.02. The summed E-state index contributed by atoms with van der Waals surface area (Å²) < 4.78 is 23.1. The number of aromatic nitrogens is 4. The van der Waals surface area contributed by atoms with Crippen LogP contribution in [0.4, 0.5) is 5.82 Å². The molecule has 3 rings (SSSR count). The summed E-state index contributed by atoms with van der Waals surface area (Å²) in [5, 5.41) is 0. The highest BCUT2D eigenvalue weighted by Gasteiger charge is 2.33. The van der Waals surface area contributed by atoms with Gasteiger partial charge in [0.05, 0.1) is 24.4 Å². The van der Waals surface area contributed by atoms with Gasteiger partial charge in [-0.15, -0.1) is 0 Å². The summed E-state index contributed by atoms with van der Waals surface area (Å²) in [5.74, 6) is 0.609. The Hall–Kier alpha value is -2.23. The van der Waals surface area contributed by atoms with Gasteiger partial charge in [-0.05, 0) is 6.42 Å². The molecule has 0 saturated carbocycles. The van der Waals surface area contributed by atoms with Crippen molar-refractivity contribution in [3.8, 4) is 0 Å². The number of hydrogen-bond acceptors (Lipinski definition) is 7. The van der Waals surface area contributed by atoms with E-state index in [-0.39, 0.29) is 30.0 Å². The van der Waals surface area contributed by atoms with Crippen LogP contribution in [-0.2, 0) is 14.6 Å². The van der Waals surface area contributed by atoms with Crippen LogP contribution in [0.25, 0.3) is 11.2 Å². The molecule has 0 radical (unpaired) electrons. The molecule has 1 fully saturated rings. The van der Waals surface area contributed by atoms with E-state index in [0.29, 0.717) is 23.4 Å². The quantitative estimate of drug-likeness (QED) is 0.795. The molecule has 23 heavy (non-hydrogen) atoms. The molecule has 2 aromatic rings. The molecule has 124 valence electrons. The molecule has 2 aromatic heterocycles. The first-order valence-electron chi connectivity index (χ1n) is 7.19. The number of nitrogens with one attached hydrogen (secondary N) is 1. The molecule has 10 heteroatoms. The number of fused-ring (bicyclic) bond motifs is 1. The average molecular weight is 338 g/mol. The number of carbonyl (C=O) groups is 1. The molecule has 0 aromatic carbocycles. The van der Waals surface area contributed by atoms with Gasteiger partial charge in [-0.2, -0.15) is 0 Å². The Morgan fingerprint density at radius 1 is 1.35 bits per heavy atom. The normalized spacial score (nSPS) is 19.8. The smallest absolute Gasteiger partial charge is 0.242 e. The highest BCUT2D eigenvalue weighted by atomic mass is 32.2. The second-order valence-electron chi connectivity index (χ2n) is 5.72. The average Bonchev–Trinajstić information content (AvgIpc) is 3.11. The first kappa shape index (κ1) is 15.7. The van der Waals surface area contributed by atoms with Crippen molar-refractivity contribution in [1.29, 1.82) is 0 Å². The predicted octanol–water partition coefficient (Wildman–Crippen LogP) is -0.565. The molecule has 9 nitrogen and oxygen atoms in total. The number of H-pyrrole nitrogens is 1. The van der Waals surface area contributed by atoms with Crippen molar-refractivity contribution in [3.05, 3.63) is 12.7 Å². The van der Waals surface area contributed by atoms with Crippen LogP contribution in [0.5, 0.6) is 0 Å². The highest BCUT2D eigenvalue weighted by Crippen LogP contribution is 2.20. The van der Waals surface area contributed by atoms with E-state index in [2.05, 4.69) is 19.9 Å². The Morgan fingerprint density at radius 3 is 2.83 bits per heavy atom. The number of carbonyl (C=O) groups excluding carboxylic acids is 1. The van der Waals surface area contributed by atoms with Crippen molar-refractivity contribution < 1.29 is 13.2 Å². The molecule has 1 aliphatic rings. The van der Waals surface area contributed by atoms with Crippen molar-refractivity contribution in [1.82, 2.24) is 24.8 Å². The summed E-state index contributed by atoms with van der Waals surface area (Å²) >= 11 is 0. The number of imidazole rings is 1. The Bertz CT molecular complexity index is 833. The van der Waals surface area contributed by atoms with Gasteiger partial charge in [0.25, 0.3) is 0 Å². The van der Waals surface area contributed by atoms with E-state index in [0.717, 1.165) is 0 Å². The van der Waals surface area contributed by atoms with Crippen LogP contribution in [-0.4, -0.2) is 77.3 Å². The van der Waals surface area contributed by atoms with Crippen LogP contribution in [0, 0.1) is 0 Å². The lowest BCUT2D eigenvalue weighted by Gasteiger charge is -2.26. The number of nitrogens with zero attached hydrogens (tertiary/aromatic N) is 5. The molecule has 0 bridgehead atoms. The topological polar surface area (TPSA) is 112 Å². The second-order valence-corrected chi connectivity index (χ2v) is 7.94. The maximum atomic E-state index is 12.4.